The third-order valence-electron chi connectivity index (χ3n) is 2.63. The van der Waals surface area contributed by atoms with Crippen LogP contribution in [0, 0.1) is 0 Å². The highest BCUT2D eigenvalue weighted by atomic mass is 32.1. The molecule has 2 aromatic rings. The zero-order chi connectivity index (χ0) is 11.3. The van der Waals surface area contributed by atoms with E-state index in [9.17, 15) is 9.59 Å². The van der Waals surface area contributed by atoms with Gasteiger partial charge in [0, 0.05) is 10.4 Å². The van der Waals surface area contributed by atoms with Gasteiger partial charge in [-0.3, -0.25) is 9.69 Å². The minimum atomic E-state index is -0.961. The number of aromatic nitrogens is 2. The molecule has 0 atom stereocenters. The molecule has 2 N–H and O–H groups in total. The zero-order valence-electron chi connectivity index (χ0n) is 8.06. The monoisotopic (exact) mass is 237 g/mol. The van der Waals surface area contributed by atoms with Crippen molar-refractivity contribution in [3.8, 4) is 0 Å². The first kappa shape index (κ1) is 9.34. The topological polar surface area (TPSA) is 86.3 Å². The van der Waals surface area contributed by atoms with Gasteiger partial charge in [-0.15, -0.1) is 11.3 Å². The Hall–Kier alpha value is -1.89. The van der Waals surface area contributed by atoms with Gasteiger partial charge in [-0.05, 0) is 0 Å². The fourth-order valence-electron chi connectivity index (χ4n) is 1.89. The molecule has 3 heterocycles. The van der Waals surface area contributed by atoms with Crippen molar-refractivity contribution in [2.24, 2.45) is 0 Å². The summed E-state index contributed by atoms with van der Waals surface area (Å²) in [6.07, 6.45) is 0.405. The first-order chi connectivity index (χ1) is 7.66. The minimum absolute atomic E-state index is 0.199. The Morgan fingerprint density at radius 1 is 1.56 bits per heavy atom. The number of carbonyl (C=O) groups is 1. The van der Waals surface area contributed by atoms with Gasteiger partial charge in [0.1, 0.15) is 4.83 Å². The summed E-state index contributed by atoms with van der Waals surface area (Å²) in [7, 11) is 0. The van der Waals surface area contributed by atoms with E-state index in [-0.39, 0.29) is 12.1 Å². The van der Waals surface area contributed by atoms with Crippen LogP contribution in [0.2, 0.25) is 0 Å². The van der Waals surface area contributed by atoms with E-state index in [2.05, 4.69) is 9.97 Å². The predicted molar refractivity (Wildman–Crippen MR) is 57.5 cm³/mol. The van der Waals surface area contributed by atoms with Crippen molar-refractivity contribution in [2.75, 3.05) is 0 Å². The van der Waals surface area contributed by atoms with E-state index in [0.717, 1.165) is 10.4 Å². The Balaban J connectivity index is 2.21. The standard InChI is InChI=1S/C9H7N3O3S/c13-7-6-4-1-12(9(14)15)2-5(4)16-8(6)11-3-10-7/h3H,1-2H2,(H,14,15)(H,10,11,13). The van der Waals surface area contributed by atoms with E-state index < -0.39 is 6.09 Å². The first-order valence-electron chi connectivity index (χ1n) is 4.62. The molecule has 0 saturated carbocycles. The van der Waals surface area contributed by atoms with Gasteiger partial charge in [-0.2, -0.15) is 0 Å². The van der Waals surface area contributed by atoms with Gasteiger partial charge in [-0.1, -0.05) is 0 Å². The molecule has 82 valence electrons. The van der Waals surface area contributed by atoms with Crippen molar-refractivity contribution in [1.82, 2.24) is 14.9 Å². The van der Waals surface area contributed by atoms with Crippen LogP contribution in [0.4, 0.5) is 4.79 Å². The van der Waals surface area contributed by atoms with Crippen LogP contribution in [0.3, 0.4) is 0 Å². The summed E-state index contributed by atoms with van der Waals surface area (Å²) in [4.78, 5) is 31.9. The maximum atomic E-state index is 11.6. The van der Waals surface area contributed by atoms with E-state index in [1.807, 2.05) is 0 Å². The highest BCUT2D eigenvalue weighted by molar-refractivity contribution is 7.18. The fourth-order valence-corrected chi connectivity index (χ4v) is 3.06. The molecule has 1 aliphatic rings. The van der Waals surface area contributed by atoms with Gasteiger partial charge in [0.15, 0.2) is 0 Å². The van der Waals surface area contributed by atoms with Crippen LogP contribution >= 0.6 is 11.3 Å². The van der Waals surface area contributed by atoms with Crippen LogP contribution in [0.15, 0.2) is 11.1 Å². The molecule has 0 aromatic carbocycles. The molecule has 0 aliphatic carbocycles. The SMILES string of the molecule is O=C(O)N1Cc2sc3nc[nH]c(=O)c3c2C1. The number of rotatable bonds is 0. The van der Waals surface area contributed by atoms with Crippen LogP contribution in [0.5, 0.6) is 0 Å². The molecule has 0 radical (unpaired) electrons. The smallest absolute Gasteiger partial charge is 0.407 e. The molecule has 0 spiro atoms. The van der Waals surface area contributed by atoms with Crippen LogP contribution < -0.4 is 5.56 Å². The summed E-state index contributed by atoms with van der Waals surface area (Å²) >= 11 is 1.39. The van der Waals surface area contributed by atoms with Crippen molar-refractivity contribution < 1.29 is 9.90 Å². The highest BCUT2D eigenvalue weighted by Crippen LogP contribution is 2.34. The Morgan fingerprint density at radius 3 is 3.12 bits per heavy atom. The molecule has 2 aromatic heterocycles. The zero-order valence-corrected chi connectivity index (χ0v) is 8.87. The third-order valence-corrected chi connectivity index (χ3v) is 3.76. The average Bonchev–Trinajstić information content (AvgIpc) is 2.73. The largest absolute Gasteiger partial charge is 0.465 e. The van der Waals surface area contributed by atoms with Crippen molar-refractivity contribution in [3.63, 3.8) is 0 Å². The molecule has 0 saturated heterocycles. The lowest BCUT2D eigenvalue weighted by atomic mass is 10.2. The molecular formula is C9H7N3O3S. The van der Waals surface area contributed by atoms with Gasteiger partial charge < -0.3 is 10.1 Å². The molecule has 3 rings (SSSR count). The number of fused-ring (bicyclic) bond motifs is 3. The van der Waals surface area contributed by atoms with E-state index in [0.29, 0.717) is 16.8 Å². The second kappa shape index (κ2) is 3.05. The number of hydrogen-bond acceptors (Lipinski definition) is 4. The summed E-state index contributed by atoms with van der Waals surface area (Å²) in [5.41, 5.74) is 0.603. The first-order valence-corrected chi connectivity index (χ1v) is 5.44. The van der Waals surface area contributed by atoms with Crippen LogP contribution in [0.1, 0.15) is 10.4 Å². The Morgan fingerprint density at radius 2 is 2.38 bits per heavy atom. The molecule has 16 heavy (non-hydrogen) atoms. The van der Waals surface area contributed by atoms with Crippen LogP contribution in [-0.2, 0) is 13.1 Å². The lowest BCUT2D eigenvalue weighted by Crippen LogP contribution is -2.23. The summed E-state index contributed by atoms with van der Waals surface area (Å²) in [5, 5.41) is 9.41. The molecule has 0 bridgehead atoms. The van der Waals surface area contributed by atoms with Crippen molar-refractivity contribution in [2.45, 2.75) is 13.1 Å². The van der Waals surface area contributed by atoms with Crippen molar-refractivity contribution in [3.05, 3.63) is 27.1 Å². The molecule has 6 nitrogen and oxygen atoms in total. The van der Waals surface area contributed by atoms with E-state index in [1.54, 1.807) is 0 Å². The maximum absolute atomic E-state index is 11.6. The van der Waals surface area contributed by atoms with Gasteiger partial charge in [0.25, 0.3) is 5.56 Å². The number of amides is 1. The highest BCUT2D eigenvalue weighted by Gasteiger charge is 2.28. The van der Waals surface area contributed by atoms with Crippen LogP contribution in [-0.4, -0.2) is 26.1 Å². The average molecular weight is 237 g/mol. The van der Waals surface area contributed by atoms with Crippen LogP contribution in [0.25, 0.3) is 10.2 Å². The second-order valence-corrected chi connectivity index (χ2v) is 4.64. The molecule has 0 fully saturated rings. The number of carboxylic acid groups (broad SMARTS) is 1. The molecule has 1 amide bonds. The Labute approximate surface area is 93.2 Å². The van der Waals surface area contributed by atoms with E-state index in [4.69, 9.17) is 5.11 Å². The number of nitrogens with zero attached hydrogens (tertiary/aromatic N) is 2. The second-order valence-electron chi connectivity index (χ2n) is 3.55. The van der Waals surface area contributed by atoms with Gasteiger partial charge in [-0.25, -0.2) is 9.78 Å². The number of aromatic amines is 1. The quantitative estimate of drug-likeness (QED) is 0.715. The predicted octanol–water partition coefficient (Wildman–Crippen LogP) is 0.978. The Bertz CT molecular complexity index is 645. The molecule has 0 unspecified atom stereocenters. The maximum Gasteiger partial charge on any atom is 0.407 e. The van der Waals surface area contributed by atoms with Gasteiger partial charge >= 0.3 is 6.09 Å². The lowest BCUT2D eigenvalue weighted by molar-refractivity contribution is 0.145. The number of nitrogens with one attached hydrogen (secondary N) is 1. The number of thiophene rings is 1. The fraction of sp³-hybridized carbons (Fsp3) is 0.222. The molecule has 1 aliphatic heterocycles. The van der Waals surface area contributed by atoms with E-state index >= 15 is 0 Å². The summed E-state index contributed by atoms with van der Waals surface area (Å²) in [6.45, 7) is 0.630. The summed E-state index contributed by atoms with van der Waals surface area (Å²) in [5.74, 6) is 0. The van der Waals surface area contributed by atoms with E-state index in [1.165, 1.54) is 22.6 Å². The third kappa shape index (κ3) is 1.15. The lowest BCUT2D eigenvalue weighted by Gasteiger charge is -2.09. The Kier molecular flexibility index (Phi) is 1.78. The van der Waals surface area contributed by atoms with Crippen molar-refractivity contribution in [1.29, 1.82) is 0 Å². The number of hydrogen-bond donors (Lipinski definition) is 2. The molecule has 7 heteroatoms. The normalized spacial score (nSPS) is 14.4. The van der Waals surface area contributed by atoms with Gasteiger partial charge in [0.05, 0.1) is 24.8 Å². The van der Waals surface area contributed by atoms with Gasteiger partial charge in [0.2, 0.25) is 0 Å². The summed E-state index contributed by atoms with van der Waals surface area (Å²) in [6, 6.07) is 0. The summed E-state index contributed by atoms with van der Waals surface area (Å²) < 4.78 is 0. The molecular weight excluding hydrogens is 230 g/mol. The van der Waals surface area contributed by atoms with Crippen molar-refractivity contribution >= 4 is 27.6 Å². The minimum Gasteiger partial charge on any atom is -0.465 e. The number of H-pyrrole nitrogens is 1.